The number of likely N-dealkylation sites (tertiary alicyclic amines) is 1. The molecule has 0 bridgehead atoms. The van der Waals surface area contributed by atoms with Crippen LogP contribution in [0.5, 0.6) is 0 Å². The summed E-state index contributed by atoms with van der Waals surface area (Å²) in [5.41, 5.74) is 1.37. The van der Waals surface area contributed by atoms with E-state index >= 15 is 0 Å². The maximum Gasteiger partial charge on any atom is 0.319 e. The van der Waals surface area contributed by atoms with Gasteiger partial charge in [0, 0.05) is 18.3 Å². The van der Waals surface area contributed by atoms with Crippen LogP contribution < -0.4 is 10.6 Å². The number of amides is 2. The fraction of sp³-hybridized carbons (Fsp3) is 0.467. The van der Waals surface area contributed by atoms with Gasteiger partial charge >= 0.3 is 12.0 Å². The van der Waals surface area contributed by atoms with Gasteiger partial charge in [0.25, 0.3) is 0 Å². The lowest BCUT2D eigenvalue weighted by atomic mass is 10.1. The van der Waals surface area contributed by atoms with Crippen molar-refractivity contribution in [2.45, 2.75) is 25.3 Å². The molecule has 6 nitrogen and oxygen atoms in total. The van der Waals surface area contributed by atoms with Crippen LogP contribution in [0.15, 0.2) is 24.3 Å². The lowest BCUT2D eigenvalue weighted by Gasteiger charge is -2.30. The molecule has 0 aromatic heterocycles. The van der Waals surface area contributed by atoms with Crippen LogP contribution in [0.1, 0.15) is 18.4 Å². The highest BCUT2D eigenvalue weighted by Crippen LogP contribution is 2.11. The Labute approximate surface area is 124 Å². The molecule has 0 spiro atoms. The first-order valence-corrected chi connectivity index (χ1v) is 7.10. The van der Waals surface area contributed by atoms with E-state index in [1.54, 1.807) is 24.3 Å². The molecule has 0 saturated carbocycles. The Hall–Kier alpha value is -2.08. The topological polar surface area (TPSA) is 81.7 Å². The molecule has 1 fully saturated rings. The van der Waals surface area contributed by atoms with Crippen LogP contribution in [-0.2, 0) is 11.2 Å². The lowest BCUT2D eigenvalue weighted by molar-refractivity contribution is -0.136. The largest absolute Gasteiger partial charge is 0.481 e. The van der Waals surface area contributed by atoms with Gasteiger partial charge in [0.2, 0.25) is 0 Å². The van der Waals surface area contributed by atoms with Crippen molar-refractivity contribution >= 4 is 17.7 Å². The van der Waals surface area contributed by atoms with Crippen LogP contribution in [0.25, 0.3) is 0 Å². The van der Waals surface area contributed by atoms with Gasteiger partial charge in [-0.05, 0) is 44.1 Å². The summed E-state index contributed by atoms with van der Waals surface area (Å²) < 4.78 is 0. The van der Waals surface area contributed by atoms with Crippen molar-refractivity contribution in [1.82, 2.24) is 10.2 Å². The molecule has 1 unspecified atom stereocenters. The highest BCUT2D eigenvalue weighted by molar-refractivity contribution is 5.89. The molecule has 114 valence electrons. The molecule has 1 heterocycles. The second-order valence-corrected chi connectivity index (χ2v) is 5.47. The minimum atomic E-state index is -0.866. The number of nitrogens with zero attached hydrogens (tertiary/aromatic N) is 1. The second kappa shape index (κ2) is 7.08. The molecule has 0 aliphatic carbocycles. The number of likely N-dealkylation sites (N-methyl/N-ethyl adjacent to an activating group) is 1. The van der Waals surface area contributed by atoms with Gasteiger partial charge in [-0.3, -0.25) is 4.79 Å². The fourth-order valence-electron chi connectivity index (χ4n) is 2.52. The summed E-state index contributed by atoms with van der Waals surface area (Å²) in [4.78, 5) is 24.7. The first kappa shape index (κ1) is 15.3. The summed E-state index contributed by atoms with van der Waals surface area (Å²) in [6, 6.07) is 6.79. The van der Waals surface area contributed by atoms with Crippen molar-refractivity contribution in [3.05, 3.63) is 29.8 Å². The molecule has 3 N–H and O–H groups in total. The van der Waals surface area contributed by atoms with Crippen molar-refractivity contribution in [2.75, 3.05) is 25.5 Å². The van der Waals surface area contributed by atoms with Crippen molar-refractivity contribution < 1.29 is 14.7 Å². The van der Waals surface area contributed by atoms with E-state index in [0.717, 1.165) is 25.9 Å². The second-order valence-electron chi connectivity index (χ2n) is 5.47. The lowest BCUT2D eigenvalue weighted by Crippen LogP contribution is -2.47. The molecule has 1 aromatic rings. The maximum atomic E-state index is 11.9. The number of piperidine rings is 1. The molecule has 1 atom stereocenters. The number of urea groups is 1. The summed E-state index contributed by atoms with van der Waals surface area (Å²) in [5, 5.41) is 14.4. The van der Waals surface area contributed by atoms with E-state index in [0.29, 0.717) is 11.3 Å². The van der Waals surface area contributed by atoms with E-state index in [-0.39, 0.29) is 18.5 Å². The third kappa shape index (κ3) is 5.07. The predicted octanol–water partition coefficient (Wildman–Crippen LogP) is 1.53. The van der Waals surface area contributed by atoms with Gasteiger partial charge in [-0.1, -0.05) is 12.1 Å². The first-order chi connectivity index (χ1) is 10.0. The van der Waals surface area contributed by atoms with Crippen molar-refractivity contribution in [3.8, 4) is 0 Å². The quantitative estimate of drug-likeness (QED) is 0.786. The van der Waals surface area contributed by atoms with E-state index in [1.807, 2.05) is 7.05 Å². The number of hydrogen-bond acceptors (Lipinski definition) is 3. The number of rotatable bonds is 4. The number of carbonyl (C=O) groups is 2. The zero-order chi connectivity index (χ0) is 15.2. The molecule has 2 amide bonds. The Kier molecular flexibility index (Phi) is 5.16. The number of carboxylic acid groups (broad SMARTS) is 1. The van der Waals surface area contributed by atoms with E-state index in [2.05, 4.69) is 15.5 Å². The van der Waals surface area contributed by atoms with Crippen molar-refractivity contribution in [2.24, 2.45) is 0 Å². The van der Waals surface area contributed by atoms with E-state index in [1.165, 1.54) is 0 Å². The summed E-state index contributed by atoms with van der Waals surface area (Å²) >= 11 is 0. The van der Waals surface area contributed by atoms with Gasteiger partial charge in [-0.15, -0.1) is 0 Å². The third-order valence-corrected chi connectivity index (χ3v) is 3.53. The summed E-state index contributed by atoms with van der Waals surface area (Å²) in [6.45, 7) is 1.94. The Morgan fingerprint density at radius 1 is 1.33 bits per heavy atom. The highest BCUT2D eigenvalue weighted by Gasteiger charge is 2.18. The van der Waals surface area contributed by atoms with Crippen molar-refractivity contribution in [1.29, 1.82) is 0 Å². The summed E-state index contributed by atoms with van der Waals surface area (Å²) in [6.07, 6.45) is 2.07. The summed E-state index contributed by atoms with van der Waals surface area (Å²) in [5.74, 6) is -0.866. The number of hydrogen-bond donors (Lipinski definition) is 3. The van der Waals surface area contributed by atoms with Gasteiger partial charge in [-0.25, -0.2) is 4.79 Å². The smallest absolute Gasteiger partial charge is 0.319 e. The Morgan fingerprint density at radius 3 is 2.67 bits per heavy atom. The van der Waals surface area contributed by atoms with Crippen LogP contribution in [0, 0.1) is 0 Å². The van der Waals surface area contributed by atoms with Gasteiger partial charge in [0.05, 0.1) is 6.42 Å². The monoisotopic (exact) mass is 291 g/mol. The number of nitrogens with one attached hydrogen (secondary N) is 2. The number of carboxylic acids is 1. The highest BCUT2D eigenvalue weighted by atomic mass is 16.4. The van der Waals surface area contributed by atoms with Gasteiger partial charge in [0.15, 0.2) is 0 Å². The van der Waals surface area contributed by atoms with Crippen LogP contribution in [0.4, 0.5) is 10.5 Å². The molecular formula is C15H21N3O3. The molecule has 0 radical (unpaired) electrons. The normalized spacial score (nSPS) is 19.0. The minimum Gasteiger partial charge on any atom is -0.481 e. The number of benzene rings is 1. The minimum absolute atomic E-state index is 0.0130. The number of carbonyl (C=O) groups excluding carboxylic acids is 1. The Balaban J connectivity index is 1.83. The van der Waals surface area contributed by atoms with Gasteiger partial charge in [-0.2, -0.15) is 0 Å². The van der Waals surface area contributed by atoms with E-state index in [9.17, 15) is 9.59 Å². The molecule has 1 aromatic carbocycles. The number of anilines is 1. The maximum absolute atomic E-state index is 11.9. The zero-order valence-corrected chi connectivity index (χ0v) is 12.1. The molecule has 1 aliphatic rings. The number of aliphatic carboxylic acids is 1. The van der Waals surface area contributed by atoms with Crippen LogP contribution in [0.3, 0.4) is 0 Å². The Bertz CT molecular complexity index is 501. The molecule has 1 saturated heterocycles. The van der Waals surface area contributed by atoms with Crippen LogP contribution in [-0.4, -0.2) is 48.2 Å². The molecular weight excluding hydrogens is 270 g/mol. The molecule has 1 aliphatic heterocycles. The zero-order valence-electron chi connectivity index (χ0n) is 12.1. The molecule has 2 rings (SSSR count). The molecule has 21 heavy (non-hydrogen) atoms. The predicted molar refractivity (Wildman–Crippen MR) is 80.5 cm³/mol. The first-order valence-electron chi connectivity index (χ1n) is 7.10. The molecule has 6 heteroatoms. The SMILES string of the molecule is CN1CCCC(NC(=O)Nc2ccc(CC(=O)O)cc2)C1. The van der Waals surface area contributed by atoms with Crippen LogP contribution in [0.2, 0.25) is 0 Å². The fourth-order valence-corrected chi connectivity index (χ4v) is 2.52. The van der Waals surface area contributed by atoms with Gasteiger partial charge in [0.1, 0.15) is 0 Å². The van der Waals surface area contributed by atoms with Gasteiger partial charge < -0.3 is 20.6 Å². The Morgan fingerprint density at radius 2 is 2.05 bits per heavy atom. The summed E-state index contributed by atoms with van der Waals surface area (Å²) in [7, 11) is 2.05. The van der Waals surface area contributed by atoms with Crippen molar-refractivity contribution in [3.63, 3.8) is 0 Å². The van der Waals surface area contributed by atoms with E-state index < -0.39 is 5.97 Å². The standard InChI is InChI=1S/C15H21N3O3/c1-18-8-2-3-13(10-18)17-15(21)16-12-6-4-11(5-7-12)9-14(19)20/h4-7,13H,2-3,8-10H2,1H3,(H,19,20)(H2,16,17,21). The average Bonchev–Trinajstić information content (AvgIpc) is 2.40. The third-order valence-electron chi connectivity index (χ3n) is 3.53. The van der Waals surface area contributed by atoms with Crippen LogP contribution >= 0.6 is 0 Å². The van der Waals surface area contributed by atoms with E-state index in [4.69, 9.17) is 5.11 Å². The average molecular weight is 291 g/mol.